The molecule has 0 atom stereocenters. The summed E-state index contributed by atoms with van der Waals surface area (Å²) in [6.07, 6.45) is 4.30. The maximum Gasteiger partial charge on any atom is 0.317 e. The number of aromatic nitrogens is 3. The summed E-state index contributed by atoms with van der Waals surface area (Å²) in [6.45, 7) is 4.09. The van der Waals surface area contributed by atoms with Crippen molar-refractivity contribution < 1.29 is 4.79 Å². The van der Waals surface area contributed by atoms with E-state index in [2.05, 4.69) is 15.6 Å². The van der Waals surface area contributed by atoms with Gasteiger partial charge in [-0.15, -0.1) is 5.10 Å². The molecule has 1 aromatic heterocycles. The molecule has 6 nitrogen and oxygen atoms in total. The summed E-state index contributed by atoms with van der Waals surface area (Å²) in [5.74, 6) is 0. The van der Waals surface area contributed by atoms with Gasteiger partial charge in [-0.2, -0.15) is 0 Å². The van der Waals surface area contributed by atoms with Crippen molar-refractivity contribution in [1.82, 2.24) is 25.2 Å². The van der Waals surface area contributed by atoms with Gasteiger partial charge in [0.25, 0.3) is 0 Å². The van der Waals surface area contributed by atoms with Gasteiger partial charge in [0, 0.05) is 32.9 Å². The van der Waals surface area contributed by atoms with Crippen LogP contribution in [0.1, 0.15) is 13.3 Å². The van der Waals surface area contributed by atoms with Crippen LogP contribution in [0.5, 0.6) is 0 Å². The van der Waals surface area contributed by atoms with Crippen molar-refractivity contribution in [3.8, 4) is 0 Å². The number of rotatable bonds is 5. The summed E-state index contributed by atoms with van der Waals surface area (Å²) >= 11 is 0. The third-order valence-electron chi connectivity index (χ3n) is 2.13. The molecule has 84 valence electrons. The summed E-state index contributed by atoms with van der Waals surface area (Å²) in [5.41, 5.74) is 0. The zero-order chi connectivity index (χ0) is 11.1. The van der Waals surface area contributed by atoms with Gasteiger partial charge in [-0.25, -0.2) is 4.79 Å². The van der Waals surface area contributed by atoms with Crippen LogP contribution in [0.15, 0.2) is 12.4 Å². The number of aryl methyl sites for hydroxylation is 1. The molecule has 0 aliphatic carbocycles. The van der Waals surface area contributed by atoms with Gasteiger partial charge in [-0.3, -0.25) is 4.68 Å². The Kier molecular flexibility index (Phi) is 4.59. The van der Waals surface area contributed by atoms with Crippen molar-refractivity contribution in [1.29, 1.82) is 0 Å². The lowest BCUT2D eigenvalue weighted by Crippen LogP contribution is -2.37. The van der Waals surface area contributed by atoms with Gasteiger partial charge in [0.2, 0.25) is 0 Å². The first-order chi connectivity index (χ1) is 7.24. The van der Waals surface area contributed by atoms with E-state index in [1.807, 2.05) is 6.92 Å². The van der Waals surface area contributed by atoms with Crippen LogP contribution < -0.4 is 5.32 Å². The van der Waals surface area contributed by atoms with Crippen molar-refractivity contribution in [2.24, 2.45) is 0 Å². The van der Waals surface area contributed by atoms with Gasteiger partial charge in [0.05, 0.1) is 6.20 Å². The molecule has 2 amide bonds. The van der Waals surface area contributed by atoms with E-state index in [1.165, 1.54) is 0 Å². The molecule has 1 heterocycles. The van der Waals surface area contributed by atoms with Crippen LogP contribution in [-0.2, 0) is 6.54 Å². The molecule has 0 saturated carbocycles. The Balaban J connectivity index is 2.09. The van der Waals surface area contributed by atoms with Crippen LogP contribution >= 0.6 is 0 Å². The first kappa shape index (κ1) is 11.5. The van der Waals surface area contributed by atoms with Gasteiger partial charge >= 0.3 is 6.03 Å². The van der Waals surface area contributed by atoms with Crippen LogP contribution in [0.4, 0.5) is 4.79 Å². The smallest absolute Gasteiger partial charge is 0.317 e. The second-order valence-corrected chi connectivity index (χ2v) is 3.27. The van der Waals surface area contributed by atoms with E-state index in [4.69, 9.17) is 0 Å². The van der Waals surface area contributed by atoms with Gasteiger partial charge in [0.15, 0.2) is 0 Å². The molecule has 0 aromatic carbocycles. The highest BCUT2D eigenvalue weighted by Gasteiger charge is 2.03. The van der Waals surface area contributed by atoms with Gasteiger partial charge < -0.3 is 10.2 Å². The van der Waals surface area contributed by atoms with Crippen LogP contribution in [-0.4, -0.2) is 46.1 Å². The topological polar surface area (TPSA) is 63.1 Å². The Morgan fingerprint density at radius 2 is 2.40 bits per heavy atom. The number of hydrogen-bond acceptors (Lipinski definition) is 3. The largest absolute Gasteiger partial charge is 0.338 e. The molecule has 1 aromatic rings. The minimum atomic E-state index is -0.0314. The zero-order valence-corrected chi connectivity index (χ0v) is 9.18. The van der Waals surface area contributed by atoms with Gasteiger partial charge in [-0.05, 0) is 13.3 Å². The highest BCUT2D eigenvalue weighted by atomic mass is 16.2. The predicted molar refractivity (Wildman–Crippen MR) is 56.3 cm³/mol. The number of nitrogens with zero attached hydrogens (tertiary/aromatic N) is 4. The molecule has 0 spiro atoms. The minimum Gasteiger partial charge on any atom is -0.338 e. The van der Waals surface area contributed by atoms with Gasteiger partial charge in [0.1, 0.15) is 0 Å². The first-order valence-electron chi connectivity index (χ1n) is 5.07. The van der Waals surface area contributed by atoms with E-state index < -0.39 is 0 Å². The second kappa shape index (κ2) is 6.00. The lowest BCUT2D eigenvalue weighted by atomic mass is 10.4. The summed E-state index contributed by atoms with van der Waals surface area (Å²) in [5, 5.41) is 10.3. The van der Waals surface area contributed by atoms with Crippen LogP contribution in [0, 0.1) is 0 Å². The van der Waals surface area contributed by atoms with Crippen molar-refractivity contribution >= 4 is 6.03 Å². The maximum atomic E-state index is 11.3. The molecule has 6 heteroatoms. The number of nitrogens with one attached hydrogen (secondary N) is 1. The molecule has 0 unspecified atom stereocenters. The van der Waals surface area contributed by atoms with Crippen molar-refractivity contribution in [3.05, 3.63) is 12.4 Å². The van der Waals surface area contributed by atoms with E-state index in [9.17, 15) is 4.79 Å². The number of amides is 2. The molecular formula is C9H17N5O. The third kappa shape index (κ3) is 3.97. The van der Waals surface area contributed by atoms with Crippen LogP contribution in [0.3, 0.4) is 0 Å². The highest BCUT2D eigenvalue weighted by Crippen LogP contribution is 1.87. The molecule has 0 aliphatic rings. The van der Waals surface area contributed by atoms with E-state index in [1.54, 1.807) is 29.0 Å². The molecule has 1 N–H and O–H groups in total. The Morgan fingerprint density at radius 1 is 1.60 bits per heavy atom. The first-order valence-corrected chi connectivity index (χ1v) is 5.07. The van der Waals surface area contributed by atoms with Gasteiger partial charge in [-0.1, -0.05) is 5.21 Å². The van der Waals surface area contributed by atoms with E-state index in [0.717, 1.165) is 19.5 Å². The Morgan fingerprint density at radius 3 is 3.00 bits per heavy atom. The summed E-state index contributed by atoms with van der Waals surface area (Å²) in [7, 11) is 1.77. The summed E-state index contributed by atoms with van der Waals surface area (Å²) in [4.78, 5) is 12.9. The lowest BCUT2D eigenvalue weighted by molar-refractivity contribution is 0.210. The number of carbonyl (C=O) groups is 1. The Hall–Kier alpha value is -1.59. The molecule has 0 radical (unpaired) electrons. The fourth-order valence-corrected chi connectivity index (χ4v) is 1.07. The molecule has 0 saturated heterocycles. The molecular weight excluding hydrogens is 194 g/mol. The third-order valence-corrected chi connectivity index (χ3v) is 2.13. The second-order valence-electron chi connectivity index (χ2n) is 3.27. The Labute approximate surface area is 89.3 Å². The summed E-state index contributed by atoms with van der Waals surface area (Å²) in [6, 6.07) is -0.0314. The van der Waals surface area contributed by atoms with Crippen molar-refractivity contribution in [2.45, 2.75) is 19.9 Å². The standard InChI is InChI=1S/C9H17N5O/c1-3-13(2)9(15)10-5-4-7-14-8-6-11-12-14/h6,8H,3-5,7H2,1-2H3,(H,10,15). The molecule has 0 bridgehead atoms. The van der Waals surface area contributed by atoms with E-state index in [-0.39, 0.29) is 6.03 Å². The minimum absolute atomic E-state index is 0.0314. The molecule has 1 rings (SSSR count). The Bertz CT molecular complexity index is 285. The fourth-order valence-electron chi connectivity index (χ4n) is 1.07. The van der Waals surface area contributed by atoms with E-state index >= 15 is 0 Å². The molecule has 0 fully saturated rings. The van der Waals surface area contributed by atoms with Crippen molar-refractivity contribution in [3.63, 3.8) is 0 Å². The number of urea groups is 1. The highest BCUT2D eigenvalue weighted by molar-refractivity contribution is 5.73. The van der Waals surface area contributed by atoms with Crippen LogP contribution in [0.2, 0.25) is 0 Å². The SMILES string of the molecule is CCN(C)C(=O)NCCCn1ccnn1. The lowest BCUT2D eigenvalue weighted by Gasteiger charge is -2.15. The average Bonchev–Trinajstić information content (AvgIpc) is 2.75. The number of carbonyl (C=O) groups excluding carboxylic acids is 1. The van der Waals surface area contributed by atoms with Crippen molar-refractivity contribution in [2.75, 3.05) is 20.1 Å². The summed E-state index contributed by atoms with van der Waals surface area (Å²) < 4.78 is 1.75. The van der Waals surface area contributed by atoms with Crippen LogP contribution in [0.25, 0.3) is 0 Å². The average molecular weight is 211 g/mol. The fraction of sp³-hybridized carbons (Fsp3) is 0.667. The quantitative estimate of drug-likeness (QED) is 0.714. The maximum absolute atomic E-state index is 11.3. The monoisotopic (exact) mass is 211 g/mol. The number of hydrogen-bond donors (Lipinski definition) is 1. The zero-order valence-electron chi connectivity index (χ0n) is 9.18. The molecule has 15 heavy (non-hydrogen) atoms. The molecule has 0 aliphatic heterocycles. The normalized spacial score (nSPS) is 10.0. The van der Waals surface area contributed by atoms with E-state index in [0.29, 0.717) is 6.54 Å². The predicted octanol–water partition coefficient (Wildman–Crippen LogP) is 0.329.